The van der Waals surface area contributed by atoms with Gasteiger partial charge in [-0.3, -0.25) is 38.2 Å². The van der Waals surface area contributed by atoms with E-state index in [1.807, 2.05) is 39.4 Å². The molecule has 1 aromatic carbocycles. The number of hydrogen-bond acceptors (Lipinski definition) is 19. The van der Waals surface area contributed by atoms with E-state index in [1.165, 1.54) is 12.6 Å². The van der Waals surface area contributed by atoms with E-state index in [0.29, 0.717) is 88.0 Å². The molecule has 0 spiro atoms. The van der Waals surface area contributed by atoms with E-state index in [4.69, 9.17) is 34.2 Å². The quantitative estimate of drug-likeness (QED) is 0.0332. The number of ether oxygens (including phenoxy) is 6. The zero-order valence-corrected chi connectivity index (χ0v) is 53.1. The van der Waals surface area contributed by atoms with Crippen LogP contribution >= 0.6 is 0 Å². The summed E-state index contributed by atoms with van der Waals surface area (Å²) >= 11 is 0. The minimum Gasteiger partial charge on any atom is -0.481 e. The van der Waals surface area contributed by atoms with E-state index in [2.05, 4.69) is 58.2 Å². The molecule has 29 nitrogen and oxygen atoms in total. The predicted octanol–water partition coefficient (Wildman–Crippen LogP) is 1.70. The summed E-state index contributed by atoms with van der Waals surface area (Å²) in [7, 11) is 1.93. The SMILES string of the molecule is CCC(C)NC(=O)[C@H](CC(C)C)NC(=O)[C@H](C)NC(=O)OCc1ccc(NC(=O)[C@H](CCCNCN)NC(=O)[C@@H](NC(=O)[C@H](CCC(=O)O)NC(=O)CCOCCOCCOCCOCCNC(=O)OCC2C3CCc4nnn(C)c4CCC32)C(C)C)cc1. The molecule has 8 amide bonds. The number of rotatable bonds is 43. The number of aliphatic carboxylic acids is 1. The maximum Gasteiger partial charge on any atom is 0.408 e. The number of nitrogens with zero attached hydrogens (tertiary/aromatic N) is 3. The highest BCUT2D eigenvalue weighted by molar-refractivity contribution is 5.99. The van der Waals surface area contributed by atoms with Crippen molar-refractivity contribution in [2.24, 2.45) is 42.4 Å². The number of alkyl carbamates (subject to hydrolysis) is 2. The molecule has 0 aliphatic heterocycles. The number of fused-ring (bicyclic) bond motifs is 2. The highest BCUT2D eigenvalue weighted by Crippen LogP contribution is 2.52. The first-order valence-corrected chi connectivity index (χ1v) is 31.2. The van der Waals surface area contributed by atoms with Gasteiger partial charge in [-0.15, -0.1) is 5.10 Å². The van der Waals surface area contributed by atoms with E-state index in [0.717, 1.165) is 37.8 Å². The average molecular weight is 1260 g/mol. The number of nitrogens with two attached hydrogens (primary N) is 1. The van der Waals surface area contributed by atoms with Crippen LogP contribution in [0.4, 0.5) is 15.3 Å². The summed E-state index contributed by atoms with van der Waals surface area (Å²) < 4.78 is 34.8. The zero-order valence-electron chi connectivity index (χ0n) is 53.1. The first-order valence-electron chi connectivity index (χ1n) is 31.2. The molecular formula is C60H99N13O16. The van der Waals surface area contributed by atoms with Gasteiger partial charge in [0.2, 0.25) is 35.4 Å². The summed E-state index contributed by atoms with van der Waals surface area (Å²) in [5.41, 5.74) is 8.78. The van der Waals surface area contributed by atoms with Crippen LogP contribution in [0, 0.1) is 29.6 Å². The minimum atomic E-state index is -1.32. The maximum atomic E-state index is 13.9. The number of carbonyl (C=O) groups is 9. The van der Waals surface area contributed by atoms with Gasteiger partial charge in [0, 0.05) is 44.8 Å². The molecule has 0 bridgehead atoms. The van der Waals surface area contributed by atoms with E-state index in [9.17, 15) is 48.3 Å². The van der Waals surface area contributed by atoms with Crippen molar-refractivity contribution in [3.8, 4) is 0 Å². The zero-order chi connectivity index (χ0) is 65.3. The number of hydrogen-bond donors (Lipinski definition) is 11. The van der Waals surface area contributed by atoms with Gasteiger partial charge in [0.05, 0.1) is 70.8 Å². The van der Waals surface area contributed by atoms with Gasteiger partial charge >= 0.3 is 18.2 Å². The lowest BCUT2D eigenvalue weighted by Crippen LogP contribution is -2.58. The van der Waals surface area contributed by atoms with Crippen molar-refractivity contribution in [3.63, 3.8) is 0 Å². The summed E-state index contributed by atoms with van der Waals surface area (Å²) in [6.07, 6.45) is 3.41. The standard InChI is InChI=1S/C60H99N13O16/c1-9-39(6)64-57(80)49(33-37(2)3)69-54(77)40(7)65-60(83)88-34-41-12-14-42(15-13-41)66-55(78)47(11-10-23-62-36-61)68-58(81)53(38(4)5)70-56(79)48(19-21-52(75)76)67-51(74)22-25-84-27-29-86-31-32-87-30-28-85-26-24-63-59(82)89-35-45-43-16-18-46-50(20-17-44(43)45)73(8)72-71-46/h12-15,37-40,43-45,47-49,53,62H,9-11,16-36,61H2,1-8H3,(H,63,82)(H,64,80)(H,65,83)(H,66,78)(H,67,74)(H,68,81)(H,69,77)(H,70,79)(H,75,76)/t39?,40-,43?,44?,45?,47-,48-,49-,53-/m0/s1. The Balaban J connectivity index is 1.11. The fourth-order valence-electron chi connectivity index (χ4n) is 9.98. The van der Waals surface area contributed by atoms with Crippen LogP contribution in [-0.4, -0.2) is 189 Å². The predicted molar refractivity (Wildman–Crippen MR) is 326 cm³/mol. The molecule has 2 aliphatic carbocycles. The number of aryl methyl sites for hydroxylation is 2. The van der Waals surface area contributed by atoms with Crippen LogP contribution < -0.4 is 53.6 Å². The van der Waals surface area contributed by atoms with Crippen molar-refractivity contribution in [3.05, 3.63) is 41.2 Å². The monoisotopic (exact) mass is 1260 g/mol. The molecule has 2 aliphatic rings. The lowest BCUT2D eigenvalue weighted by Gasteiger charge is -2.27. The molecule has 9 atom stereocenters. The van der Waals surface area contributed by atoms with Gasteiger partial charge in [-0.1, -0.05) is 52.0 Å². The number of carboxylic acid groups (broad SMARTS) is 1. The largest absolute Gasteiger partial charge is 0.481 e. The number of benzene rings is 1. The second-order valence-corrected chi connectivity index (χ2v) is 23.2. The van der Waals surface area contributed by atoms with Gasteiger partial charge in [-0.25, -0.2) is 9.59 Å². The lowest BCUT2D eigenvalue weighted by atomic mass is 10.0. The topological polar surface area (TPSA) is 394 Å². The van der Waals surface area contributed by atoms with Gasteiger partial charge in [0.1, 0.15) is 36.8 Å². The van der Waals surface area contributed by atoms with E-state index in [-0.39, 0.29) is 76.8 Å². The molecule has 89 heavy (non-hydrogen) atoms. The molecule has 1 heterocycles. The molecule has 1 aromatic heterocycles. The van der Waals surface area contributed by atoms with Crippen LogP contribution in [0.15, 0.2) is 24.3 Å². The van der Waals surface area contributed by atoms with Crippen molar-refractivity contribution < 1.29 is 76.7 Å². The van der Waals surface area contributed by atoms with Gasteiger partial charge in [-0.2, -0.15) is 0 Å². The Bertz CT molecular complexity index is 2540. The van der Waals surface area contributed by atoms with E-state index < -0.39 is 90.2 Å². The van der Waals surface area contributed by atoms with Crippen LogP contribution in [0.3, 0.4) is 0 Å². The van der Waals surface area contributed by atoms with Crippen LogP contribution in [0.1, 0.15) is 123 Å². The van der Waals surface area contributed by atoms with Crippen LogP contribution in [0.25, 0.3) is 0 Å². The number of anilines is 1. The fraction of sp³-hybridized carbons (Fsp3) is 0.717. The Hall–Kier alpha value is -7.05. The Kier molecular flexibility index (Phi) is 33.9. The Morgan fingerprint density at radius 3 is 1.91 bits per heavy atom. The van der Waals surface area contributed by atoms with Crippen LogP contribution in [-0.2, 0) is 88.5 Å². The molecule has 4 rings (SSSR count). The summed E-state index contributed by atoms with van der Waals surface area (Å²) in [5.74, 6) is -3.63. The van der Waals surface area contributed by atoms with Gasteiger partial charge < -0.3 is 87.1 Å². The summed E-state index contributed by atoms with van der Waals surface area (Å²) in [4.78, 5) is 117. The number of nitrogens with one attached hydrogen (secondary N) is 9. The van der Waals surface area contributed by atoms with Crippen molar-refractivity contribution in [1.82, 2.24) is 57.5 Å². The molecule has 0 saturated heterocycles. The van der Waals surface area contributed by atoms with Gasteiger partial charge in [0.25, 0.3) is 0 Å². The number of carbonyl (C=O) groups excluding carboxylic acids is 8. The first kappa shape index (κ1) is 74.4. The fourth-order valence-corrected chi connectivity index (χ4v) is 9.98. The maximum absolute atomic E-state index is 13.9. The van der Waals surface area contributed by atoms with Gasteiger partial charge in [-0.05, 0) is 125 Å². The lowest BCUT2D eigenvalue weighted by molar-refractivity contribution is -0.138. The average Bonchev–Trinajstić information content (AvgIpc) is 1.68. The number of amides is 8. The molecule has 29 heteroatoms. The Labute approximate surface area is 521 Å². The van der Waals surface area contributed by atoms with Crippen molar-refractivity contribution in [1.29, 1.82) is 0 Å². The van der Waals surface area contributed by atoms with E-state index in [1.54, 1.807) is 38.1 Å². The van der Waals surface area contributed by atoms with Crippen LogP contribution in [0.5, 0.6) is 0 Å². The van der Waals surface area contributed by atoms with E-state index >= 15 is 0 Å². The molecule has 4 unspecified atom stereocenters. The van der Waals surface area contributed by atoms with Gasteiger partial charge in [0.15, 0.2) is 0 Å². The summed E-state index contributed by atoms with van der Waals surface area (Å²) in [6, 6.07) is 0.867. The van der Waals surface area contributed by atoms with Crippen LogP contribution in [0.2, 0.25) is 0 Å². The smallest absolute Gasteiger partial charge is 0.408 e. The summed E-state index contributed by atoms with van der Waals surface area (Å²) in [6.45, 7) is 15.5. The van der Waals surface area contributed by atoms with Crippen molar-refractivity contribution in [2.75, 3.05) is 84.5 Å². The van der Waals surface area contributed by atoms with Crippen molar-refractivity contribution in [2.45, 2.75) is 162 Å². The molecule has 2 aromatic rings. The highest BCUT2D eigenvalue weighted by atomic mass is 16.6. The molecule has 500 valence electrons. The molecule has 0 radical (unpaired) electrons. The molecule has 12 N–H and O–H groups in total. The Morgan fingerprint density at radius 2 is 1.28 bits per heavy atom. The minimum absolute atomic E-state index is 0.0282. The number of carboxylic acids is 1. The Morgan fingerprint density at radius 1 is 0.663 bits per heavy atom. The molecule has 1 fully saturated rings. The third-order valence-corrected chi connectivity index (χ3v) is 15.3. The first-order chi connectivity index (χ1) is 42.6. The third kappa shape index (κ3) is 28.5. The second-order valence-electron chi connectivity index (χ2n) is 23.2. The molecule has 1 saturated carbocycles. The second kappa shape index (κ2) is 40.6. The summed E-state index contributed by atoms with van der Waals surface area (Å²) in [5, 5.41) is 42.4. The normalized spacial score (nSPS) is 17.1. The third-order valence-electron chi connectivity index (χ3n) is 15.3. The highest BCUT2D eigenvalue weighted by Gasteiger charge is 2.50. The molecular weight excluding hydrogens is 1160 g/mol. The van der Waals surface area contributed by atoms with Crippen molar-refractivity contribution >= 4 is 59.3 Å². The number of aromatic nitrogens is 3.